The van der Waals surface area contributed by atoms with Crippen molar-refractivity contribution < 1.29 is 17.9 Å². The first-order valence-electron chi connectivity index (χ1n) is 10.4. The molecule has 3 rings (SSSR count). The van der Waals surface area contributed by atoms with Crippen LogP contribution in [0.4, 0.5) is 5.69 Å². The number of aryl methyl sites for hydroxylation is 2. The van der Waals surface area contributed by atoms with Crippen LogP contribution >= 0.6 is 0 Å². The lowest BCUT2D eigenvalue weighted by atomic mass is 10.2. The van der Waals surface area contributed by atoms with Crippen LogP contribution in [0.3, 0.4) is 0 Å². The summed E-state index contributed by atoms with van der Waals surface area (Å²) in [5.41, 5.74) is 5.24. The van der Waals surface area contributed by atoms with Crippen molar-refractivity contribution in [3.05, 3.63) is 89.5 Å². The van der Waals surface area contributed by atoms with Crippen LogP contribution in [0.25, 0.3) is 0 Å². The minimum atomic E-state index is -3.99. The van der Waals surface area contributed by atoms with Gasteiger partial charge in [-0.25, -0.2) is 13.8 Å². The second-order valence-electron chi connectivity index (χ2n) is 7.47. The van der Waals surface area contributed by atoms with Gasteiger partial charge in [0, 0.05) is 0 Å². The SMILES string of the molecule is Cc1ccc(S(=O)(=O)N(CC(=O)N/N=C\c2ccc(OCC#N)cc2)c2cccc(C)c2)cc1. The Morgan fingerprint density at radius 2 is 1.76 bits per heavy atom. The van der Waals surface area contributed by atoms with Crippen LogP contribution in [0.5, 0.6) is 5.75 Å². The van der Waals surface area contributed by atoms with Gasteiger partial charge in [0.25, 0.3) is 15.9 Å². The van der Waals surface area contributed by atoms with E-state index in [1.807, 2.05) is 26.0 Å². The van der Waals surface area contributed by atoms with Gasteiger partial charge in [0.15, 0.2) is 6.61 Å². The highest BCUT2D eigenvalue weighted by atomic mass is 32.2. The second-order valence-corrected chi connectivity index (χ2v) is 9.34. The largest absolute Gasteiger partial charge is 0.479 e. The van der Waals surface area contributed by atoms with Gasteiger partial charge in [-0.15, -0.1) is 0 Å². The molecule has 1 amide bonds. The van der Waals surface area contributed by atoms with Crippen LogP contribution in [-0.4, -0.2) is 33.7 Å². The van der Waals surface area contributed by atoms with Gasteiger partial charge in [-0.05, 0) is 73.5 Å². The van der Waals surface area contributed by atoms with Crippen molar-refractivity contribution in [1.29, 1.82) is 5.26 Å². The van der Waals surface area contributed by atoms with Crippen molar-refractivity contribution in [2.45, 2.75) is 18.7 Å². The van der Waals surface area contributed by atoms with E-state index in [0.717, 1.165) is 15.4 Å². The number of hydrogen-bond acceptors (Lipinski definition) is 6. The van der Waals surface area contributed by atoms with E-state index in [-0.39, 0.29) is 11.5 Å². The molecule has 0 heterocycles. The van der Waals surface area contributed by atoms with Gasteiger partial charge in [-0.3, -0.25) is 9.10 Å². The average molecular weight is 477 g/mol. The zero-order valence-electron chi connectivity index (χ0n) is 18.8. The van der Waals surface area contributed by atoms with Crippen LogP contribution < -0.4 is 14.5 Å². The third kappa shape index (κ3) is 6.43. The molecule has 0 aliphatic heterocycles. The molecule has 8 nitrogen and oxygen atoms in total. The average Bonchev–Trinajstić information content (AvgIpc) is 2.82. The Bertz CT molecular complexity index is 1310. The van der Waals surface area contributed by atoms with Crippen LogP contribution in [-0.2, 0) is 14.8 Å². The summed E-state index contributed by atoms with van der Waals surface area (Å²) < 4.78 is 33.0. The molecule has 0 saturated heterocycles. The summed E-state index contributed by atoms with van der Waals surface area (Å²) in [6.45, 7) is 3.22. The van der Waals surface area contributed by atoms with Crippen LogP contribution in [0.1, 0.15) is 16.7 Å². The van der Waals surface area contributed by atoms with Crippen LogP contribution in [0, 0.1) is 25.2 Å². The Balaban J connectivity index is 1.76. The Kier molecular flexibility index (Phi) is 8.01. The molecule has 0 spiro atoms. The van der Waals surface area contributed by atoms with Crippen molar-refractivity contribution >= 4 is 27.8 Å². The first kappa shape index (κ1) is 24.5. The number of ether oxygens (including phenoxy) is 1. The molecule has 0 saturated carbocycles. The van der Waals surface area contributed by atoms with E-state index in [1.54, 1.807) is 54.6 Å². The van der Waals surface area contributed by atoms with E-state index in [1.165, 1.54) is 18.3 Å². The molecule has 9 heteroatoms. The number of hydrogen-bond donors (Lipinski definition) is 1. The number of sulfonamides is 1. The summed E-state index contributed by atoms with van der Waals surface area (Å²) in [7, 11) is -3.99. The van der Waals surface area contributed by atoms with Crippen LogP contribution in [0.15, 0.2) is 82.8 Å². The molecule has 0 aromatic heterocycles. The molecular weight excluding hydrogens is 452 g/mol. The Morgan fingerprint density at radius 1 is 1.06 bits per heavy atom. The minimum Gasteiger partial charge on any atom is -0.479 e. The number of carbonyl (C=O) groups excluding carboxylic acids is 1. The van der Waals surface area contributed by atoms with Gasteiger partial charge >= 0.3 is 0 Å². The first-order valence-corrected chi connectivity index (χ1v) is 11.8. The molecule has 0 aliphatic carbocycles. The van der Waals surface area contributed by atoms with Gasteiger partial charge in [-0.1, -0.05) is 29.8 Å². The van der Waals surface area contributed by atoms with Gasteiger partial charge in [0.2, 0.25) is 0 Å². The minimum absolute atomic E-state index is 0.0492. The molecule has 3 aromatic rings. The zero-order valence-corrected chi connectivity index (χ0v) is 19.6. The molecule has 0 radical (unpaired) electrons. The number of rotatable bonds is 9. The number of benzene rings is 3. The predicted molar refractivity (Wildman–Crippen MR) is 130 cm³/mol. The van der Waals surface area contributed by atoms with E-state index < -0.39 is 22.5 Å². The maximum Gasteiger partial charge on any atom is 0.264 e. The lowest BCUT2D eigenvalue weighted by Gasteiger charge is -2.24. The molecule has 1 N–H and O–H groups in total. The van der Waals surface area contributed by atoms with Gasteiger partial charge in [-0.2, -0.15) is 10.4 Å². The van der Waals surface area contributed by atoms with Gasteiger partial charge in [0.1, 0.15) is 18.4 Å². The summed E-state index contributed by atoms with van der Waals surface area (Å²) in [5.74, 6) is -0.0553. The number of hydrazone groups is 1. The molecule has 0 fully saturated rings. The van der Waals surface area contributed by atoms with E-state index >= 15 is 0 Å². The third-order valence-corrected chi connectivity index (χ3v) is 6.56. The van der Waals surface area contributed by atoms with Crippen LogP contribution in [0.2, 0.25) is 0 Å². The lowest BCUT2D eigenvalue weighted by molar-refractivity contribution is -0.119. The molecule has 3 aromatic carbocycles. The number of carbonyl (C=O) groups is 1. The first-order chi connectivity index (χ1) is 16.3. The third-order valence-electron chi connectivity index (χ3n) is 4.77. The van der Waals surface area contributed by atoms with E-state index in [4.69, 9.17) is 10.00 Å². The zero-order chi connectivity index (χ0) is 24.6. The topological polar surface area (TPSA) is 112 Å². The number of anilines is 1. The number of nitrogens with one attached hydrogen (secondary N) is 1. The second kappa shape index (κ2) is 11.1. The smallest absolute Gasteiger partial charge is 0.264 e. The fourth-order valence-corrected chi connectivity index (χ4v) is 4.46. The maximum absolute atomic E-state index is 13.4. The van der Waals surface area contributed by atoms with E-state index in [0.29, 0.717) is 17.0 Å². The number of nitriles is 1. The predicted octanol–water partition coefficient (Wildman–Crippen LogP) is 3.55. The highest BCUT2D eigenvalue weighted by molar-refractivity contribution is 7.92. The maximum atomic E-state index is 13.4. The molecule has 34 heavy (non-hydrogen) atoms. The molecule has 0 atom stereocenters. The summed E-state index contributed by atoms with van der Waals surface area (Å²) in [4.78, 5) is 12.7. The summed E-state index contributed by atoms with van der Waals surface area (Å²) in [6, 6.07) is 22.1. The van der Waals surface area contributed by atoms with E-state index in [9.17, 15) is 13.2 Å². The highest BCUT2D eigenvalue weighted by Gasteiger charge is 2.27. The molecular formula is C25H24N4O4S. The number of nitrogens with zero attached hydrogens (tertiary/aromatic N) is 3. The summed E-state index contributed by atoms with van der Waals surface area (Å²) in [6.07, 6.45) is 1.43. The van der Waals surface area contributed by atoms with Crippen molar-refractivity contribution in [1.82, 2.24) is 5.43 Å². The molecule has 174 valence electrons. The summed E-state index contributed by atoms with van der Waals surface area (Å²) in [5, 5.41) is 12.5. The Hall–Kier alpha value is -4.16. The fourth-order valence-electron chi connectivity index (χ4n) is 3.05. The van der Waals surface area contributed by atoms with Crippen molar-refractivity contribution in [2.75, 3.05) is 17.5 Å². The Morgan fingerprint density at radius 3 is 2.41 bits per heavy atom. The quantitative estimate of drug-likeness (QED) is 0.375. The molecule has 0 aliphatic rings. The monoisotopic (exact) mass is 476 g/mol. The number of amides is 1. The lowest BCUT2D eigenvalue weighted by Crippen LogP contribution is -2.39. The van der Waals surface area contributed by atoms with Crippen molar-refractivity contribution in [3.8, 4) is 11.8 Å². The Labute approximate surface area is 199 Å². The van der Waals surface area contributed by atoms with Crippen molar-refractivity contribution in [3.63, 3.8) is 0 Å². The standard InChI is InChI=1S/C25H24N4O4S/c1-19-6-12-24(13-7-19)34(31,32)29(22-5-3-4-20(2)16-22)18-25(30)28-27-17-21-8-10-23(11-9-21)33-15-14-26/h3-13,16-17H,15,18H2,1-2H3,(H,28,30)/b27-17-. The van der Waals surface area contributed by atoms with E-state index in [2.05, 4.69) is 10.5 Å². The highest BCUT2D eigenvalue weighted by Crippen LogP contribution is 2.24. The molecule has 0 unspecified atom stereocenters. The van der Waals surface area contributed by atoms with Gasteiger partial charge < -0.3 is 4.74 Å². The molecule has 0 bridgehead atoms. The fraction of sp³-hybridized carbons (Fsp3) is 0.160. The van der Waals surface area contributed by atoms with Crippen molar-refractivity contribution in [2.24, 2.45) is 5.10 Å². The summed E-state index contributed by atoms with van der Waals surface area (Å²) >= 11 is 0. The normalized spacial score (nSPS) is 11.1. The van der Waals surface area contributed by atoms with Gasteiger partial charge in [0.05, 0.1) is 16.8 Å².